The smallest absolute Gasteiger partial charge is 0.164 e. The third-order valence-corrected chi connectivity index (χ3v) is 4.75. The van der Waals surface area contributed by atoms with Crippen LogP contribution in [0, 0.1) is 0 Å². The third kappa shape index (κ3) is 1.63. The van der Waals surface area contributed by atoms with E-state index in [-0.39, 0.29) is 11.3 Å². The molecule has 2 aromatic rings. The Bertz CT molecular complexity index is 581. The number of hydrogen-bond donors (Lipinski definition) is 0. The van der Waals surface area contributed by atoms with E-state index in [0.29, 0.717) is 6.42 Å². The van der Waals surface area contributed by atoms with E-state index in [1.165, 1.54) is 5.69 Å². The van der Waals surface area contributed by atoms with Crippen LogP contribution < -0.4 is 0 Å². The lowest BCUT2D eigenvalue weighted by Crippen LogP contribution is -2.29. The largest absolute Gasteiger partial charge is 0.339 e. The number of fused-ring (bicyclic) bond motifs is 1. The van der Waals surface area contributed by atoms with Crippen LogP contribution in [-0.2, 0) is 12.0 Å². The van der Waals surface area contributed by atoms with Gasteiger partial charge >= 0.3 is 0 Å². The highest BCUT2D eigenvalue weighted by molar-refractivity contribution is 7.09. The summed E-state index contributed by atoms with van der Waals surface area (Å²) in [6, 6.07) is 1.96. The lowest BCUT2D eigenvalue weighted by atomic mass is 9.95. The Morgan fingerprint density at radius 3 is 2.94 bits per heavy atom. The molecule has 0 N–H and O–H groups in total. The molecule has 0 saturated carbocycles. The van der Waals surface area contributed by atoms with Gasteiger partial charge < -0.3 is 4.57 Å². The van der Waals surface area contributed by atoms with Gasteiger partial charge in [-0.2, -0.15) is 0 Å². The quantitative estimate of drug-likeness (QED) is 0.830. The van der Waals surface area contributed by atoms with Crippen LogP contribution in [0.3, 0.4) is 0 Å². The van der Waals surface area contributed by atoms with E-state index in [4.69, 9.17) is 0 Å². The number of ketones is 1. The van der Waals surface area contributed by atoms with Crippen LogP contribution in [0.15, 0.2) is 23.8 Å². The first-order chi connectivity index (χ1) is 8.60. The van der Waals surface area contributed by atoms with Crippen LogP contribution in [-0.4, -0.2) is 15.3 Å². The van der Waals surface area contributed by atoms with Crippen molar-refractivity contribution in [3.05, 3.63) is 40.1 Å². The lowest BCUT2D eigenvalue weighted by Gasteiger charge is -2.28. The standard InChI is InChI=1S/C14H16N2OS/c1-14(2,13-15-7-9-18-13)16-8-6-10-11(16)4-3-5-12(10)17/h6-9H,3-5H2,1-2H3. The number of rotatable bonds is 2. The summed E-state index contributed by atoms with van der Waals surface area (Å²) in [6.07, 6.45) is 6.51. The zero-order valence-corrected chi connectivity index (χ0v) is 11.5. The maximum atomic E-state index is 11.9. The van der Waals surface area contributed by atoms with Crippen molar-refractivity contribution >= 4 is 17.1 Å². The molecule has 0 atom stereocenters. The Morgan fingerprint density at radius 2 is 2.22 bits per heavy atom. The predicted molar refractivity (Wildman–Crippen MR) is 72.2 cm³/mol. The minimum Gasteiger partial charge on any atom is -0.339 e. The predicted octanol–water partition coefficient (Wildman–Crippen LogP) is 3.25. The van der Waals surface area contributed by atoms with Gasteiger partial charge in [0.05, 0.1) is 5.54 Å². The molecule has 0 radical (unpaired) electrons. The molecule has 18 heavy (non-hydrogen) atoms. The molecule has 0 amide bonds. The maximum Gasteiger partial charge on any atom is 0.164 e. The fraction of sp³-hybridized carbons (Fsp3) is 0.429. The van der Waals surface area contributed by atoms with Crippen LogP contribution in [0.1, 0.15) is 47.7 Å². The van der Waals surface area contributed by atoms with Gasteiger partial charge in [0, 0.05) is 35.5 Å². The Balaban J connectivity index is 2.11. The maximum absolute atomic E-state index is 11.9. The van der Waals surface area contributed by atoms with E-state index < -0.39 is 0 Å². The molecular formula is C14H16N2OS. The summed E-state index contributed by atoms with van der Waals surface area (Å²) in [6.45, 7) is 4.32. The van der Waals surface area contributed by atoms with Gasteiger partial charge in [0.2, 0.25) is 0 Å². The first kappa shape index (κ1) is 11.7. The summed E-state index contributed by atoms with van der Waals surface area (Å²) in [5.74, 6) is 0.282. The molecule has 2 aromatic heterocycles. The molecule has 0 saturated heterocycles. The number of hydrogen-bond acceptors (Lipinski definition) is 3. The minimum atomic E-state index is -0.181. The Morgan fingerprint density at radius 1 is 1.39 bits per heavy atom. The van der Waals surface area contributed by atoms with E-state index in [0.717, 1.165) is 23.4 Å². The van der Waals surface area contributed by atoms with Crippen LogP contribution in [0.4, 0.5) is 0 Å². The Hall–Kier alpha value is -1.42. The topological polar surface area (TPSA) is 34.9 Å². The van der Waals surface area contributed by atoms with Gasteiger partial charge in [0.1, 0.15) is 5.01 Å². The summed E-state index contributed by atoms with van der Waals surface area (Å²) >= 11 is 1.66. The highest BCUT2D eigenvalue weighted by Crippen LogP contribution is 2.33. The first-order valence-electron chi connectivity index (χ1n) is 6.24. The average molecular weight is 260 g/mol. The molecule has 0 fully saturated rings. The van der Waals surface area contributed by atoms with Gasteiger partial charge in [-0.25, -0.2) is 4.98 Å². The SMILES string of the molecule is CC(C)(c1nccs1)n1ccc2c1CCCC2=O. The van der Waals surface area contributed by atoms with Crippen LogP contribution in [0.25, 0.3) is 0 Å². The zero-order chi connectivity index (χ0) is 12.8. The van der Waals surface area contributed by atoms with Crippen molar-refractivity contribution in [1.82, 2.24) is 9.55 Å². The third-order valence-electron chi connectivity index (χ3n) is 3.67. The van der Waals surface area contributed by atoms with Crippen molar-refractivity contribution in [1.29, 1.82) is 0 Å². The highest BCUT2D eigenvalue weighted by Gasteiger charge is 2.30. The lowest BCUT2D eigenvalue weighted by molar-refractivity contribution is 0.0971. The number of Topliss-reactive ketones (excluding diaryl/α,β-unsaturated/α-hetero) is 1. The van der Waals surface area contributed by atoms with Gasteiger partial charge in [0.25, 0.3) is 0 Å². The second-order valence-electron chi connectivity index (χ2n) is 5.22. The molecule has 0 bridgehead atoms. The fourth-order valence-corrected chi connectivity index (χ4v) is 3.44. The van der Waals surface area contributed by atoms with Gasteiger partial charge in [-0.3, -0.25) is 4.79 Å². The van der Waals surface area contributed by atoms with E-state index in [2.05, 4.69) is 23.4 Å². The first-order valence-corrected chi connectivity index (χ1v) is 7.12. The summed E-state index contributed by atoms with van der Waals surface area (Å²) in [5, 5.41) is 3.08. The van der Waals surface area contributed by atoms with Gasteiger partial charge in [0.15, 0.2) is 5.78 Å². The summed E-state index contributed by atoms with van der Waals surface area (Å²) in [5.41, 5.74) is 1.90. The molecule has 4 heteroatoms. The Labute approximate surface area is 110 Å². The summed E-state index contributed by atoms with van der Waals surface area (Å²) in [4.78, 5) is 16.3. The number of aromatic nitrogens is 2. The van der Waals surface area contributed by atoms with Crippen molar-refractivity contribution < 1.29 is 4.79 Å². The van der Waals surface area contributed by atoms with Crippen molar-refractivity contribution in [3.8, 4) is 0 Å². The fourth-order valence-electron chi connectivity index (χ4n) is 2.68. The monoisotopic (exact) mass is 260 g/mol. The second-order valence-corrected chi connectivity index (χ2v) is 6.11. The molecule has 2 heterocycles. The summed E-state index contributed by atoms with van der Waals surface area (Å²) in [7, 11) is 0. The number of nitrogens with zero attached hydrogens (tertiary/aromatic N) is 2. The highest BCUT2D eigenvalue weighted by atomic mass is 32.1. The van der Waals surface area contributed by atoms with E-state index >= 15 is 0 Å². The van der Waals surface area contributed by atoms with Crippen LogP contribution in [0.5, 0.6) is 0 Å². The molecule has 0 aliphatic heterocycles. The van der Waals surface area contributed by atoms with Gasteiger partial charge in [-0.05, 0) is 32.8 Å². The number of thiazole rings is 1. The number of carbonyl (C=O) groups excluding carboxylic acids is 1. The van der Waals surface area contributed by atoms with E-state index in [1.54, 1.807) is 11.3 Å². The van der Waals surface area contributed by atoms with Crippen molar-refractivity contribution in [2.24, 2.45) is 0 Å². The van der Waals surface area contributed by atoms with Gasteiger partial charge in [-0.1, -0.05) is 0 Å². The van der Waals surface area contributed by atoms with E-state index in [9.17, 15) is 4.79 Å². The molecule has 3 rings (SSSR count). The molecule has 94 valence electrons. The molecule has 0 unspecified atom stereocenters. The molecular weight excluding hydrogens is 244 g/mol. The average Bonchev–Trinajstić information content (AvgIpc) is 2.99. The van der Waals surface area contributed by atoms with Crippen LogP contribution >= 0.6 is 11.3 Å². The minimum absolute atomic E-state index is 0.181. The Kier molecular flexibility index (Phi) is 2.63. The van der Waals surface area contributed by atoms with Gasteiger partial charge in [-0.15, -0.1) is 11.3 Å². The molecule has 0 spiro atoms. The zero-order valence-electron chi connectivity index (χ0n) is 10.6. The normalized spacial score (nSPS) is 15.8. The van der Waals surface area contributed by atoms with E-state index in [1.807, 2.05) is 23.8 Å². The second kappa shape index (κ2) is 4.05. The summed E-state index contributed by atoms with van der Waals surface area (Å²) < 4.78 is 2.22. The molecule has 1 aliphatic rings. The van der Waals surface area contributed by atoms with Crippen molar-refractivity contribution in [2.75, 3.05) is 0 Å². The molecule has 1 aliphatic carbocycles. The van der Waals surface area contributed by atoms with Crippen LogP contribution in [0.2, 0.25) is 0 Å². The van der Waals surface area contributed by atoms with Crippen molar-refractivity contribution in [3.63, 3.8) is 0 Å². The molecule has 3 nitrogen and oxygen atoms in total. The van der Waals surface area contributed by atoms with Crippen molar-refractivity contribution in [2.45, 2.75) is 38.6 Å². The number of carbonyl (C=O) groups is 1. The molecule has 0 aromatic carbocycles.